The van der Waals surface area contributed by atoms with E-state index in [1.165, 1.54) is 25.3 Å². The van der Waals surface area contributed by atoms with E-state index in [2.05, 4.69) is 151 Å². The Morgan fingerprint density at radius 2 is 0.803 bits per heavy atom. The number of esters is 2. The maximum atomic E-state index is 12.4. The number of ether oxygens (including phenoxy) is 4. The van der Waals surface area contributed by atoms with Crippen molar-refractivity contribution in [1.82, 2.24) is 21.3 Å². The summed E-state index contributed by atoms with van der Waals surface area (Å²) in [6.45, 7) is 42.3. The molecule has 745 valence electrons. The van der Waals surface area contributed by atoms with Gasteiger partial charge in [0.15, 0.2) is 0 Å². The molecule has 8 aromatic rings. The number of hydrogen-bond acceptors (Lipinski definition) is 26. The Kier molecular flexibility index (Phi) is 50.5. The number of carbonyl (C=O) groups excluding carboxylic acids is 7. The number of thiol groups is 1. The number of nitrogens with zero attached hydrogens (tertiary/aromatic N) is 3. The summed E-state index contributed by atoms with van der Waals surface area (Å²) in [5.74, 6) is -2.88. The molecular formula is C93H120B4Br6N5O27S2. The molecule has 3 saturated heterocycles. The number of rotatable bonds is 8. The molecule has 44 heteroatoms. The second-order valence-corrected chi connectivity index (χ2v) is 40.8. The van der Waals surface area contributed by atoms with Crippen LogP contribution in [0, 0.1) is 13.8 Å². The molecular weight excluding hydrogens is 2210 g/mol. The number of halogens is 6. The number of aromatic carboxylic acids is 1. The van der Waals surface area contributed by atoms with Gasteiger partial charge in [0.2, 0.25) is 0 Å². The van der Waals surface area contributed by atoms with Gasteiger partial charge in [-0.25, -0.2) is 43.3 Å². The van der Waals surface area contributed by atoms with Crippen LogP contribution in [0.4, 0.5) is 9.59 Å². The van der Waals surface area contributed by atoms with E-state index in [9.17, 15) is 38.4 Å². The molecule has 0 bridgehead atoms. The zero-order valence-corrected chi connectivity index (χ0v) is 91.9. The number of carboxylic acids is 1. The van der Waals surface area contributed by atoms with Crippen LogP contribution in [0.3, 0.4) is 0 Å². The van der Waals surface area contributed by atoms with E-state index in [1.54, 1.807) is 102 Å². The molecule has 6 aliphatic rings. The Morgan fingerprint density at radius 1 is 0.482 bits per heavy atom. The fraction of sp³-hybridized carbons (Fsp3) is 0.398. The topological polar surface area (TPSA) is 460 Å². The number of benzene rings is 8. The van der Waals surface area contributed by atoms with Crippen molar-refractivity contribution in [3.05, 3.63) is 270 Å². The fourth-order valence-corrected chi connectivity index (χ4v) is 15.5. The van der Waals surface area contributed by atoms with Crippen LogP contribution in [0.15, 0.2) is 197 Å². The van der Waals surface area contributed by atoms with E-state index < -0.39 is 60.6 Å². The quantitative estimate of drug-likeness (QED) is 0.0109. The molecule has 8 aromatic carbocycles. The van der Waals surface area contributed by atoms with Crippen molar-refractivity contribution >= 4 is 201 Å². The number of amides is 3. The number of aliphatic hydroxyl groups is 1. The first kappa shape index (κ1) is 125. The molecule has 3 fully saturated rings. The molecule has 0 spiro atoms. The molecule has 0 atom stereocenters. The van der Waals surface area contributed by atoms with Crippen molar-refractivity contribution < 1.29 is 128 Å². The minimum atomic E-state index is -4.67. The molecule has 0 saturated carbocycles. The summed E-state index contributed by atoms with van der Waals surface area (Å²) < 4.78 is 95.4. The normalized spacial score (nSPS) is 15.4. The zero-order chi connectivity index (χ0) is 102. The number of aliphatic hydroxyl groups excluding tert-OH is 1. The van der Waals surface area contributed by atoms with E-state index in [1.807, 2.05) is 210 Å². The van der Waals surface area contributed by atoms with Crippen molar-refractivity contribution in [2.75, 3.05) is 21.3 Å². The predicted octanol–water partition coefficient (Wildman–Crippen LogP) is 20.1. The summed E-state index contributed by atoms with van der Waals surface area (Å²) >= 11 is 23.4. The number of alkyl halides is 1. The van der Waals surface area contributed by atoms with Crippen LogP contribution in [0.5, 0.6) is 0 Å². The summed E-state index contributed by atoms with van der Waals surface area (Å²) in [6.07, 6.45) is -0.538. The first-order valence-corrected chi connectivity index (χ1v) is 48.4. The Labute approximate surface area is 860 Å². The van der Waals surface area contributed by atoms with Gasteiger partial charge in [-0.1, -0.05) is 187 Å². The summed E-state index contributed by atoms with van der Waals surface area (Å²) in [5.41, 5.74) is 9.06. The van der Waals surface area contributed by atoms with E-state index in [4.69, 9.17) is 65.1 Å². The van der Waals surface area contributed by atoms with Crippen molar-refractivity contribution in [3.8, 4) is 0 Å². The third-order valence-corrected chi connectivity index (χ3v) is 25.9. The summed E-state index contributed by atoms with van der Waals surface area (Å²) in [4.78, 5) is 104. The molecule has 32 nitrogen and oxygen atoms in total. The molecule has 0 aliphatic carbocycles. The van der Waals surface area contributed by atoms with E-state index in [-0.39, 0.29) is 75.3 Å². The van der Waals surface area contributed by atoms with Crippen molar-refractivity contribution in [1.29, 1.82) is 0 Å². The van der Waals surface area contributed by atoms with Gasteiger partial charge in [-0.15, -0.1) is 0 Å². The standard InChI is InChI=1S/C19H28BNO4.C14H10O4.C13H16BrNO2.C12H24B2O4.C9H8Br2O2.C9H9BrO2.C8H6BrNO.C8H7BrO2.CH4O.BHNS.H3N.H2O4S.H2O/c1-17(2,3)23-16(22)21-11-13-9-8-10-15(14(13)12-21)20-24-18(4,5)19(6,7)25-20;15-13(11-7-3-1-4-8-11)17-18-14(16)12-9-5-2-6-10-12;1-13(2,3)17-12(16)15-7-9-5-4-6-11(14)10(9)8-15;1-9(2)10(3,4)16-13(15-9)14-17-11(5,6)12(7,8)18-14;1-13-9(12)6-3-2-4-8(11)7(6)5-10;1-6-7(9(11)12-2)4-3-5-8(6)10;9-7-3-1-2-5-6(7)4-10-8(5)11;1-5-6(8(10)11)3-2-4-7(5)9;1-2;1-2-3;;1-5(2,3)4;/h8-10H,11-12H2,1-7H3;1-10H;4-6H,7-8H2,1-3H3;1-8H3;2-4H,5H2,1H3;3-5H,1-2H3;1-3H,4H2,(H,10,11);2-4H,1H3,(H,10,11);2H,1H3;3H;1H3;(H2,1,2,3,4);1H2. The maximum absolute atomic E-state index is 12.4. The van der Waals surface area contributed by atoms with Gasteiger partial charge in [-0.2, -0.15) is 8.42 Å². The predicted molar refractivity (Wildman–Crippen MR) is 551 cm³/mol. The van der Waals surface area contributed by atoms with E-state index >= 15 is 0 Å². The van der Waals surface area contributed by atoms with Gasteiger partial charge in [-0.05, 0) is 267 Å². The van der Waals surface area contributed by atoms with Gasteiger partial charge < -0.3 is 74.0 Å². The van der Waals surface area contributed by atoms with Crippen LogP contribution in [-0.2, 0) is 105 Å². The second-order valence-electron chi connectivity index (χ2n) is 34.9. The molecule has 10 N–H and O–H groups in total. The molecule has 14 rings (SSSR count). The zero-order valence-electron chi connectivity index (χ0n) is 80.7. The number of hydrogen-bond donors (Lipinski definition) is 7. The Morgan fingerprint density at radius 3 is 1.17 bits per heavy atom. The number of carboxylic acid groups (broad SMARTS) is 1. The molecule has 137 heavy (non-hydrogen) atoms. The fourth-order valence-electron chi connectivity index (χ4n) is 12.2. The number of carbonyl (C=O) groups is 8. The molecule has 0 unspecified atom stereocenters. The van der Waals surface area contributed by atoms with E-state index in [0.29, 0.717) is 65.9 Å². The summed E-state index contributed by atoms with van der Waals surface area (Å²) in [7, 11) is 2.05. The first-order valence-electron chi connectivity index (χ1n) is 41.5. The Hall–Kier alpha value is -8.08. The average molecular weight is 2330 g/mol. The number of nitrogens with one attached hydrogen (secondary N) is 1. The van der Waals surface area contributed by atoms with Gasteiger partial charge in [0, 0.05) is 66.5 Å². The van der Waals surface area contributed by atoms with Crippen LogP contribution >= 0.6 is 108 Å². The van der Waals surface area contributed by atoms with Gasteiger partial charge in [-0.3, -0.25) is 23.7 Å². The summed E-state index contributed by atoms with van der Waals surface area (Å²) in [6, 6.07) is 50.3. The van der Waals surface area contributed by atoms with Gasteiger partial charge >= 0.3 is 98.3 Å². The second kappa shape index (κ2) is 55.4. The third-order valence-electron chi connectivity index (χ3n) is 21.4. The first-order chi connectivity index (χ1) is 62.6. The molecule has 6 heterocycles. The van der Waals surface area contributed by atoms with Crippen molar-refractivity contribution in [2.45, 2.75) is 221 Å². The Bertz CT molecular complexity index is 5380. The van der Waals surface area contributed by atoms with Crippen LogP contribution in [0.1, 0.15) is 231 Å². The van der Waals surface area contributed by atoms with Crippen LogP contribution < -0.4 is 16.9 Å². The third kappa shape index (κ3) is 38.0. The average Bonchev–Trinajstić information content (AvgIpc) is 1.59. The van der Waals surface area contributed by atoms with Gasteiger partial charge in [0.25, 0.3) is 5.91 Å². The summed E-state index contributed by atoms with van der Waals surface area (Å²) in [5, 5.41) is 19.0. The van der Waals surface area contributed by atoms with E-state index in [0.717, 1.165) is 73.9 Å². The van der Waals surface area contributed by atoms with Gasteiger partial charge in [0.05, 0.1) is 82.2 Å². The number of methoxy groups -OCH3 is 2. The minimum absolute atomic E-state index is 0. The monoisotopic (exact) mass is 2320 g/mol. The van der Waals surface area contributed by atoms with Crippen molar-refractivity contribution in [3.63, 3.8) is 0 Å². The van der Waals surface area contributed by atoms with Crippen molar-refractivity contribution in [2.24, 2.45) is 4.30 Å². The molecule has 0 aromatic heterocycles. The molecule has 6 aliphatic heterocycles. The molecule has 1 radical (unpaired) electrons. The van der Waals surface area contributed by atoms with Crippen LogP contribution in [-0.4, -0.2) is 186 Å². The van der Waals surface area contributed by atoms with Crippen LogP contribution in [0.2, 0.25) is 0 Å². The Balaban J connectivity index is 0.000000527. The van der Waals surface area contributed by atoms with Crippen LogP contribution in [0.25, 0.3) is 0 Å². The number of fused-ring (bicyclic) bond motifs is 3. The molecule has 3 amide bonds. The van der Waals surface area contributed by atoms with Gasteiger partial charge in [0.1, 0.15) is 11.2 Å². The SMILES string of the molecule is CC(C)(C)OC(=O)N1Cc2cccc(B3OC(C)(C)C(C)(C)O3)c2C1.CC(C)(C)OC(=O)N1Cc2cccc(Br)c2C1.CC1(C)OB(B2OC(C)(C)C(C)(C)O2)OC1(C)C.CO.COC(=O)c1cccc(Br)c1C.COC(=O)c1cccc(Br)c1CBr.Cc1c(Br)cccc1C(=O)O.N.O.O=C(OOC(=O)c1ccccc1)c1ccccc1.O=C1NCc2c(Br)cccc21.O=S(=O)(O)O.[B]=NS.